The van der Waals surface area contributed by atoms with Crippen molar-refractivity contribution in [2.45, 2.75) is 24.2 Å². The second kappa shape index (κ2) is 5.04. The van der Waals surface area contributed by atoms with Crippen molar-refractivity contribution in [3.05, 3.63) is 23.8 Å². The van der Waals surface area contributed by atoms with Gasteiger partial charge in [-0.15, -0.1) is 11.8 Å². The first-order valence-corrected chi connectivity index (χ1v) is 6.20. The van der Waals surface area contributed by atoms with E-state index in [1.54, 1.807) is 11.8 Å². The monoisotopic (exact) mass is 232 g/mol. The molecule has 1 aliphatic heterocycles. The molecular weight excluding hydrogens is 220 g/mol. The lowest BCUT2D eigenvalue weighted by Crippen LogP contribution is -2.18. The van der Waals surface area contributed by atoms with Crippen molar-refractivity contribution in [2.75, 3.05) is 11.1 Å². The van der Waals surface area contributed by atoms with E-state index in [0.717, 1.165) is 23.4 Å². The van der Waals surface area contributed by atoms with Crippen LogP contribution in [0.3, 0.4) is 0 Å². The van der Waals surface area contributed by atoms with Crippen LogP contribution < -0.4 is 5.32 Å². The fourth-order valence-electron chi connectivity index (χ4n) is 1.66. The molecule has 0 aliphatic carbocycles. The van der Waals surface area contributed by atoms with Crippen LogP contribution in [0.4, 0.5) is 5.69 Å². The van der Waals surface area contributed by atoms with Gasteiger partial charge < -0.3 is 5.32 Å². The van der Waals surface area contributed by atoms with E-state index in [1.165, 1.54) is 5.56 Å². The molecule has 0 aromatic heterocycles. The first-order valence-electron chi connectivity index (χ1n) is 5.22. The van der Waals surface area contributed by atoms with Crippen molar-refractivity contribution >= 4 is 23.4 Å². The summed E-state index contributed by atoms with van der Waals surface area (Å²) in [6, 6.07) is 8.26. The Morgan fingerprint density at radius 3 is 3.19 bits per heavy atom. The van der Waals surface area contributed by atoms with E-state index < -0.39 is 0 Å². The summed E-state index contributed by atoms with van der Waals surface area (Å²) < 4.78 is 0. The number of rotatable bonds is 3. The van der Waals surface area contributed by atoms with E-state index in [0.29, 0.717) is 12.2 Å². The third-order valence-corrected chi connectivity index (χ3v) is 3.50. The molecule has 0 saturated heterocycles. The number of unbranched alkanes of at least 4 members (excludes halogenated alkanes) is 1. The third-order valence-electron chi connectivity index (χ3n) is 2.43. The quantitative estimate of drug-likeness (QED) is 0.815. The van der Waals surface area contributed by atoms with Gasteiger partial charge in [-0.3, -0.25) is 4.79 Å². The number of amides is 1. The lowest BCUT2D eigenvalue weighted by Gasteiger charge is -2.16. The summed E-state index contributed by atoms with van der Waals surface area (Å²) in [4.78, 5) is 12.4. The highest BCUT2D eigenvalue weighted by atomic mass is 32.2. The summed E-state index contributed by atoms with van der Waals surface area (Å²) in [5.41, 5.74) is 2.09. The molecule has 16 heavy (non-hydrogen) atoms. The fraction of sp³-hybridized carbons (Fsp3) is 0.333. The molecule has 1 aromatic rings. The first kappa shape index (κ1) is 11.0. The van der Waals surface area contributed by atoms with Crippen LogP contribution in [0.2, 0.25) is 0 Å². The van der Waals surface area contributed by atoms with Gasteiger partial charge in [-0.25, -0.2) is 0 Å². The van der Waals surface area contributed by atoms with Crippen LogP contribution in [-0.2, 0) is 11.2 Å². The summed E-state index contributed by atoms with van der Waals surface area (Å²) >= 11 is 1.57. The highest BCUT2D eigenvalue weighted by Crippen LogP contribution is 2.32. The largest absolute Gasteiger partial charge is 0.324 e. The summed E-state index contributed by atoms with van der Waals surface area (Å²) in [6.45, 7) is 0. The third kappa shape index (κ3) is 2.56. The van der Waals surface area contributed by atoms with E-state index in [-0.39, 0.29) is 5.91 Å². The molecule has 3 nitrogen and oxygen atoms in total. The Balaban J connectivity index is 2.09. The molecule has 1 aliphatic rings. The minimum atomic E-state index is 0.0617. The van der Waals surface area contributed by atoms with Crippen molar-refractivity contribution < 1.29 is 4.79 Å². The van der Waals surface area contributed by atoms with Crippen molar-refractivity contribution in [1.29, 1.82) is 5.26 Å². The smallest absolute Gasteiger partial charge is 0.234 e. The molecule has 0 bridgehead atoms. The zero-order chi connectivity index (χ0) is 11.4. The minimum Gasteiger partial charge on any atom is -0.324 e. The second-order valence-corrected chi connectivity index (χ2v) is 4.70. The lowest BCUT2D eigenvalue weighted by atomic mass is 10.1. The molecule has 0 radical (unpaired) electrons. The van der Waals surface area contributed by atoms with E-state index in [4.69, 9.17) is 5.26 Å². The van der Waals surface area contributed by atoms with Crippen LogP contribution in [0.15, 0.2) is 23.1 Å². The molecule has 1 N–H and O–H groups in total. The predicted molar refractivity (Wildman–Crippen MR) is 64.3 cm³/mol. The van der Waals surface area contributed by atoms with Gasteiger partial charge in [0.15, 0.2) is 0 Å². The molecule has 4 heteroatoms. The molecule has 1 heterocycles. The number of anilines is 1. The van der Waals surface area contributed by atoms with Gasteiger partial charge in [0.1, 0.15) is 0 Å². The van der Waals surface area contributed by atoms with Gasteiger partial charge >= 0.3 is 0 Å². The first-order chi connectivity index (χ1) is 7.79. The van der Waals surface area contributed by atoms with Gasteiger partial charge in [-0.1, -0.05) is 6.07 Å². The normalized spacial score (nSPS) is 13.8. The number of hydrogen-bond acceptors (Lipinski definition) is 3. The molecule has 0 saturated carbocycles. The maximum atomic E-state index is 11.2. The number of benzene rings is 1. The standard InChI is InChI=1S/C12H12N2OS/c13-6-2-1-3-9-4-5-11-10(7-9)14-12(15)8-16-11/h4-5,7H,1-3,8H2,(H,14,15). The Labute approximate surface area is 98.8 Å². The molecule has 82 valence electrons. The highest BCUT2D eigenvalue weighted by Gasteiger charge is 2.14. The van der Waals surface area contributed by atoms with Crippen molar-refractivity contribution in [3.63, 3.8) is 0 Å². The Bertz CT molecular complexity index is 451. The van der Waals surface area contributed by atoms with Gasteiger partial charge in [-0.05, 0) is 30.5 Å². The summed E-state index contributed by atoms with van der Waals surface area (Å²) in [7, 11) is 0. The molecule has 0 fully saturated rings. The zero-order valence-corrected chi connectivity index (χ0v) is 9.64. The highest BCUT2D eigenvalue weighted by molar-refractivity contribution is 8.00. The summed E-state index contributed by atoms with van der Waals surface area (Å²) in [6.07, 6.45) is 2.34. The number of carbonyl (C=O) groups excluding carboxylic acids is 1. The number of fused-ring (bicyclic) bond motifs is 1. The Morgan fingerprint density at radius 2 is 2.38 bits per heavy atom. The Kier molecular flexibility index (Phi) is 3.47. The predicted octanol–water partition coefficient (Wildman–Crippen LogP) is 2.58. The van der Waals surface area contributed by atoms with E-state index in [9.17, 15) is 4.79 Å². The van der Waals surface area contributed by atoms with Crippen LogP contribution in [0.25, 0.3) is 0 Å². The van der Waals surface area contributed by atoms with Gasteiger partial charge in [0, 0.05) is 11.3 Å². The number of nitriles is 1. The fourth-order valence-corrected chi connectivity index (χ4v) is 2.45. The van der Waals surface area contributed by atoms with Crippen molar-refractivity contribution in [1.82, 2.24) is 0 Å². The van der Waals surface area contributed by atoms with Gasteiger partial charge in [0.05, 0.1) is 17.5 Å². The lowest BCUT2D eigenvalue weighted by molar-refractivity contribution is -0.113. The van der Waals surface area contributed by atoms with Crippen LogP contribution in [0.5, 0.6) is 0 Å². The van der Waals surface area contributed by atoms with Crippen molar-refractivity contribution in [3.8, 4) is 6.07 Å². The Hall–Kier alpha value is -1.47. The molecule has 1 aromatic carbocycles. The number of thioether (sulfide) groups is 1. The number of carbonyl (C=O) groups is 1. The van der Waals surface area contributed by atoms with E-state index in [1.807, 2.05) is 12.1 Å². The molecule has 0 atom stereocenters. The maximum absolute atomic E-state index is 11.2. The average molecular weight is 232 g/mol. The molecule has 0 spiro atoms. The number of nitrogens with zero attached hydrogens (tertiary/aromatic N) is 1. The van der Waals surface area contributed by atoms with Crippen LogP contribution in [-0.4, -0.2) is 11.7 Å². The number of aryl methyl sites for hydroxylation is 1. The SMILES string of the molecule is N#CCCCc1ccc2c(c1)NC(=O)CS2. The molecule has 0 unspecified atom stereocenters. The van der Waals surface area contributed by atoms with Crippen LogP contribution in [0, 0.1) is 11.3 Å². The van der Waals surface area contributed by atoms with Crippen LogP contribution >= 0.6 is 11.8 Å². The Morgan fingerprint density at radius 1 is 1.50 bits per heavy atom. The maximum Gasteiger partial charge on any atom is 0.234 e. The van der Waals surface area contributed by atoms with E-state index >= 15 is 0 Å². The van der Waals surface area contributed by atoms with E-state index in [2.05, 4.69) is 17.5 Å². The van der Waals surface area contributed by atoms with Crippen LogP contribution in [0.1, 0.15) is 18.4 Å². The minimum absolute atomic E-state index is 0.0617. The average Bonchev–Trinajstić information content (AvgIpc) is 2.29. The van der Waals surface area contributed by atoms with Gasteiger partial charge in [0.25, 0.3) is 0 Å². The second-order valence-electron chi connectivity index (χ2n) is 3.68. The zero-order valence-electron chi connectivity index (χ0n) is 8.82. The molecule has 2 rings (SSSR count). The van der Waals surface area contributed by atoms with Gasteiger partial charge in [-0.2, -0.15) is 5.26 Å². The number of hydrogen-bond donors (Lipinski definition) is 1. The van der Waals surface area contributed by atoms with Crippen molar-refractivity contribution in [2.24, 2.45) is 0 Å². The molecule has 1 amide bonds. The number of nitrogens with one attached hydrogen (secondary N) is 1. The molecular formula is C12H12N2OS. The summed E-state index contributed by atoms with van der Waals surface area (Å²) in [5.74, 6) is 0.563. The topological polar surface area (TPSA) is 52.9 Å². The summed E-state index contributed by atoms with van der Waals surface area (Å²) in [5, 5.41) is 11.3. The van der Waals surface area contributed by atoms with Gasteiger partial charge in [0.2, 0.25) is 5.91 Å².